The molecule has 0 radical (unpaired) electrons. The Morgan fingerprint density at radius 3 is 2.42 bits per heavy atom. The molecule has 0 atom stereocenters. The average molecular weight is 438 g/mol. The molecule has 4 aromatic rings. The standard InChI is InChI=1S/C24H25ClFN5/c1-4-30-17(3)22(16(2)28-30)14-27-13-18-15-31(20-11-9-19(26)10-12-20)29-24(18)21-7-5-6-8-23(21)25/h5-12,15,27H,4,13-14H2,1-3H3. The Balaban J connectivity index is 1.63. The molecule has 160 valence electrons. The molecular formula is C24H25ClFN5. The van der Waals surface area contributed by atoms with Gasteiger partial charge in [-0.25, -0.2) is 9.07 Å². The van der Waals surface area contributed by atoms with Crippen LogP contribution in [0, 0.1) is 19.7 Å². The second-order valence-electron chi connectivity index (χ2n) is 7.47. The first kappa shape index (κ1) is 21.3. The minimum atomic E-state index is -0.275. The van der Waals surface area contributed by atoms with E-state index in [0.29, 0.717) is 18.1 Å². The molecule has 0 aliphatic rings. The van der Waals surface area contributed by atoms with E-state index in [1.807, 2.05) is 42.1 Å². The Morgan fingerprint density at radius 1 is 1.00 bits per heavy atom. The number of aryl methyl sites for hydroxylation is 2. The lowest BCUT2D eigenvalue weighted by Crippen LogP contribution is -2.14. The van der Waals surface area contributed by atoms with Crippen molar-refractivity contribution < 1.29 is 4.39 Å². The van der Waals surface area contributed by atoms with Crippen LogP contribution in [-0.2, 0) is 19.6 Å². The summed E-state index contributed by atoms with van der Waals surface area (Å²) in [6.45, 7) is 8.41. The number of hydrogen-bond donors (Lipinski definition) is 1. The van der Waals surface area contributed by atoms with Crippen molar-refractivity contribution in [2.24, 2.45) is 0 Å². The maximum absolute atomic E-state index is 13.4. The molecule has 0 aliphatic heterocycles. The highest BCUT2D eigenvalue weighted by Gasteiger charge is 2.16. The first-order valence-electron chi connectivity index (χ1n) is 10.3. The van der Waals surface area contributed by atoms with Crippen LogP contribution in [0.25, 0.3) is 16.9 Å². The smallest absolute Gasteiger partial charge is 0.123 e. The summed E-state index contributed by atoms with van der Waals surface area (Å²) in [5.74, 6) is -0.275. The minimum Gasteiger partial charge on any atom is -0.308 e. The lowest BCUT2D eigenvalue weighted by molar-refractivity contribution is 0.627. The van der Waals surface area contributed by atoms with Crippen LogP contribution < -0.4 is 5.32 Å². The van der Waals surface area contributed by atoms with Crippen molar-refractivity contribution in [2.75, 3.05) is 0 Å². The van der Waals surface area contributed by atoms with Crippen molar-refractivity contribution in [3.05, 3.63) is 88.1 Å². The van der Waals surface area contributed by atoms with E-state index in [-0.39, 0.29) is 5.82 Å². The molecule has 31 heavy (non-hydrogen) atoms. The SMILES string of the molecule is CCn1nc(C)c(CNCc2cn(-c3ccc(F)cc3)nc2-c2ccccc2Cl)c1C. The van der Waals surface area contributed by atoms with Crippen LogP contribution in [-0.4, -0.2) is 19.6 Å². The van der Waals surface area contributed by atoms with Crippen molar-refractivity contribution in [1.82, 2.24) is 24.9 Å². The summed E-state index contributed by atoms with van der Waals surface area (Å²) in [4.78, 5) is 0. The molecule has 5 nitrogen and oxygen atoms in total. The van der Waals surface area contributed by atoms with E-state index in [1.165, 1.54) is 23.4 Å². The first-order valence-corrected chi connectivity index (χ1v) is 10.7. The van der Waals surface area contributed by atoms with Gasteiger partial charge < -0.3 is 5.32 Å². The van der Waals surface area contributed by atoms with E-state index in [1.54, 1.807) is 16.8 Å². The molecule has 2 aromatic carbocycles. The average Bonchev–Trinajstić information content (AvgIpc) is 3.30. The molecule has 4 rings (SSSR count). The lowest BCUT2D eigenvalue weighted by atomic mass is 10.1. The summed E-state index contributed by atoms with van der Waals surface area (Å²) in [5, 5.41) is 13.5. The van der Waals surface area contributed by atoms with Gasteiger partial charge in [-0.3, -0.25) is 4.68 Å². The van der Waals surface area contributed by atoms with Crippen molar-refractivity contribution in [3.63, 3.8) is 0 Å². The number of hydrogen-bond acceptors (Lipinski definition) is 3. The second kappa shape index (κ2) is 9.04. The van der Waals surface area contributed by atoms with Crippen molar-refractivity contribution >= 4 is 11.6 Å². The third-order valence-electron chi connectivity index (χ3n) is 5.46. The predicted molar refractivity (Wildman–Crippen MR) is 122 cm³/mol. The molecule has 0 aliphatic carbocycles. The van der Waals surface area contributed by atoms with Gasteiger partial charge in [0.25, 0.3) is 0 Å². The van der Waals surface area contributed by atoms with Gasteiger partial charge in [0, 0.05) is 48.2 Å². The van der Waals surface area contributed by atoms with E-state index >= 15 is 0 Å². The summed E-state index contributed by atoms with van der Waals surface area (Å²) in [6, 6.07) is 13.9. The van der Waals surface area contributed by atoms with Crippen LogP contribution in [0.4, 0.5) is 4.39 Å². The summed E-state index contributed by atoms with van der Waals surface area (Å²) in [7, 11) is 0. The zero-order chi connectivity index (χ0) is 22.0. The number of rotatable bonds is 7. The number of benzene rings is 2. The molecule has 0 saturated heterocycles. The molecule has 2 aromatic heterocycles. The highest BCUT2D eigenvalue weighted by atomic mass is 35.5. The molecule has 0 fully saturated rings. The molecule has 0 bridgehead atoms. The third-order valence-corrected chi connectivity index (χ3v) is 5.79. The molecule has 7 heteroatoms. The summed E-state index contributed by atoms with van der Waals surface area (Å²) < 4.78 is 17.1. The maximum atomic E-state index is 13.4. The molecule has 0 saturated carbocycles. The summed E-state index contributed by atoms with van der Waals surface area (Å²) >= 11 is 6.47. The molecule has 0 spiro atoms. The van der Waals surface area contributed by atoms with Crippen molar-refractivity contribution in [1.29, 1.82) is 0 Å². The molecule has 2 heterocycles. The predicted octanol–water partition coefficient (Wildman–Crippen LogP) is 5.45. The van der Waals surface area contributed by atoms with Crippen LogP contribution in [0.5, 0.6) is 0 Å². The van der Waals surface area contributed by atoms with Crippen LogP contribution in [0.2, 0.25) is 5.02 Å². The Bertz CT molecular complexity index is 1190. The van der Waals surface area contributed by atoms with E-state index in [9.17, 15) is 4.39 Å². The molecule has 0 unspecified atom stereocenters. The largest absolute Gasteiger partial charge is 0.308 e. The minimum absolute atomic E-state index is 0.275. The van der Waals surface area contributed by atoms with Gasteiger partial charge in [-0.2, -0.15) is 10.2 Å². The van der Waals surface area contributed by atoms with E-state index < -0.39 is 0 Å². The Hall–Kier alpha value is -2.96. The highest BCUT2D eigenvalue weighted by molar-refractivity contribution is 6.33. The fourth-order valence-corrected chi connectivity index (χ4v) is 3.99. The van der Waals surface area contributed by atoms with Crippen molar-refractivity contribution in [3.8, 4) is 16.9 Å². The van der Waals surface area contributed by atoms with Crippen LogP contribution in [0.15, 0.2) is 54.7 Å². The number of halogens is 2. The zero-order valence-corrected chi connectivity index (χ0v) is 18.6. The Labute approximate surface area is 186 Å². The lowest BCUT2D eigenvalue weighted by Gasteiger charge is -2.07. The normalized spacial score (nSPS) is 11.3. The molecule has 1 N–H and O–H groups in total. The van der Waals surface area contributed by atoms with Gasteiger partial charge in [0.15, 0.2) is 0 Å². The zero-order valence-electron chi connectivity index (χ0n) is 17.9. The van der Waals surface area contributed by atoms with Gasteiger partial charge in [0.05, 0.1) is 22.1 Å². The van der Waals surface area contributed by atoms with E-state index in [4.69, 9.17) is 16.7 Å². The monoisotopic (exact) mass is 437 g/mol. The molecule has 0 amide bonds. The number of aromatic nitrogens is 4. The third kappa shape index (κ3) is 4.40. The second-order valence-corrected chi connectivity index (χ2v) is 7.88. The van der Waals surface area contributed by atoms with Crippen LogP contribution in [0.3, 0.4) is 0 Å². The number of nitrogens with one attached hydrogen (secondary N) is 1. The van der Waals surface area contributed by atoms with Gasteiger partial charge in [0.2, 0.25) is 0 Å². The van der Waals surface area contributed by atoms with Gasteiger partial charge in [-0.1, -0.05) is 29.8 Å². The fourth-order valence-electron chi connectivity index (χ4n) is 3.77. The van der Waals surface area contributed by atoms with Gasteiger partial charge in [-0.05, 0) is 51.1 Å². The topological polar surface area (TPSA) is 47.7 Å². The van der Waals surface area contributed by atoms with Gasteiger partial charge >= 0.3 is 0 Å². The van der Waals surface area contributed by atoms with E-state index in [0.717, 1.165) is 34.7 Å². The fraction of sp³-hybridized carbons (Fsp3) is 0.250. The molecular weight excluding hydrogens is 413 g/mol. The Morgan fingerprint density at radius 2 is 1.74 bits per heavy atom. The van der Waals surface area contributed by atoms with Crippen LogP contribution in [0.1, 0.15) is 29.4 Å². The van der Waals surface area contributed by atoms with Crippen LogP contribution >= 0.6 is 11.6 Å². The number of nitrogens with zero attached hydrogens (tertiary/aromatic N) is 4. The highest BCUT2D eigenvalue weighted by Crippen LogP contribution is 2.30. The quantitative estimate of drug-likeness (QED) is 0.418. The maximum Gasteiger partial charge on any atom is 0.123 e. The Kier molecular flexibility index (Phi) is 6.20. The summed E-state index contributed by atoms with van der Waals surface area (Å²) in [5.41, 5.74) is 6.91. The summed E-state index contributed by atoms with van der Waals surface area (Å²) in [6.07, 6.45) is 1.97. The van der Waals surface area contributed by atoms with Gasteiger partial charge in [0.1, 0.15) is 5.82 Å². The van der Waals surface area contributed by atoms with Crippen molar-refractivity contribution in [2.45, 2.75) is 40.4 Å². The van der Waals surface area contributed by atoms with E-state index in [2.05, 4.69) is 24.3 Å². The van der Waals surface area contributed by atoms with Gasteiger partial charge in [-0.15, -0.1) is 0 Å². The first-order chi connectivity index (χ1) is 15.0.